The molecule has 0 unspecified atom stereocenters. The molecule has 6 heteroatoms. The zero-order valence-electron chi connectivity index (χ0n) is 14.1. The fourth-order valence-electron chi connectivity index (χ4n) is 3.28. The number of nitrogens with zero attached hydrogens (tertiary/aromatic N) is 3. The third-order valence-corrected chi connectivity index (χ3v) is 4.61. The summed E-state index contributed by atoms with van der Waals surface area (Å²) >= 11 is 0. The van der Waals surface area contributed by atoms with E-state index in [4.69, 9.17) is 4.74 Å². The van der Waals surface area contributed by atoms with Crippen LogP contribution in [0.2, 0.25) is 0 Å². The van der Waals surface area contributed by atoms with Crippen molar-refractivity contribution in [3.05, 3.63) is 59.9 Å². The van der Waals surface area contributed by atoms with Crippen LogP contribution >= 0.6 is 0 Å². The van der Waals surface area contributed by atoms with Crippen LogP contribution in [0.5, 0.6) is 0 Å². The largest absolute Gasteiger partial charge is 0.373 e. The van der Waals surface area contributed by atoms with Crippen LogP contribution < -0.4 is 5.32 Å². The summed E-state index contributed by atoms with van der Waals surface area (Å²) in [5, 5.41) is 7.21. The standard InChI is InChI=1S/C19H20N4O2/c1-13-4-6-14(7-5-13)18-15(3-2-12-25-18)19(24)22-17-8-10-20-16-9-11-21-23(16)17/h4-11,15,18H,2-3,12H2,1H3,(H,22,24)/t15-,18+/m0/s1. The predicted molar refractivity (Wildman–Crippen MR) is 94.2 cm³/mol. The van der Waals surface area contributed by atoms with E-state index in [0.717, 1.165) is 18.4 Å². The van der Waals surface area contributed by atoms with Gasteiger partial charge in [0.05, 0.1) is 18.2 Å². The number of fused-ring (bicyclic) bond motifs is 1. The highest BCUT2D eigenvalue weighted by Gasteiger charge is 2.33. The van der Waals surface area contributed by atoms with Gasteiger partial charge in [-0.3, -0.25) is 4.79 Å². The maximum Gasteiger partial charge on any atom is 0.231 e. The van der Waals surface area contributed by atoms with Gasteiger partial charge in [0.2, 0.25) is 5.91 Å². The van der Waals surface area contributed by atoms with Crippen LogP contribution in [-0.2, 0) is 9.53 Å². The van der Waals surface area contributed by atoms with E-state index in [1.165, 1.54) is 5.56 Å². The Labute approximate surface area is 145 Å². The van der Waals surface area contributed by atoms with Crippen LogP contribution in [0.4, 0.5) is 5.82 Å². The van der Waals surface area contributed by atoms with Gasteiger partial charge in [0, 0.05) is 18.9 Å². The van der Waals surface area contributed by atoms with Gasteiger partial charge in [-0.2, -0.15) is 9.61 Å². The monoisotopic (exact) mass is 336 g/mol. The summed E-state index contributed by atoms with van der Waals surface area (Å²) in [5.74, 6) is 0.344. The van der Waals surface area contributed by atoms with Crippen molar-refractivity contribution in [2.75, 3.05) is 11.9 Å². The van der Waals surface area contributed by atoms with Gasteiger partial charge in [-0.25, -0.2) is 4.98 Å². The summed E-state index contributed by atoms with van der Waals surface area (Å²) in [6.07, 6.45) is 4.80. The zero-order chi connectivity index (χ0) is 17.2. The molecule has 1 amide bonds. The smallest absolute Gasteiger partial charge is 0.231 e. The van der Waals surface area contributed by atoms with Gasteiger partial charge in [0.25, 0.3) is 0 Å². The van der Waals surface area contributed by atoms with Crippen molar-refractivity contribution in [1.29, 1.82) is 0 Å². The summed E-state index contributed by atoms with van der Waals surface area (Å²) in [7, 11) is 0. The number of hydrogen-bond acceptors (Lipinski definition) is 4. The average molecular weight is 336 g/mol. The lowest BCUT2D eigenvalue weighted by Crippen LogP contribution is -2.33. The SMILES string of the molecule is Cc1ccc([C@H]2OCCC[C@@H]2C(=O)Nc2ccnc3ccnn23)cc1. The number of carbonyl (C=O) groups is 1. The summed E-state index contributed by atoms with van der Waals surface area (Å²) in [6.45, 7) is 2.73. The molecule has 2 aromatic heterocycles. The number of nitrogens with one attached hydrogen (secondary N) is 1. The second-order valence-corrected chi connectivity index (χ2v) is 6.37. The number of anilines is 1. The second kappa shape index (κ2) is 6.64. The lowest BCUT2D eigenvalue weighted by Gasteiger charge is -2.31. The lowest BCUT2D eigenvalue weighted by atomic mass is 9.88. The van der Waals surface area contributed by atoms with Gasteiger partial charge >= 0.3 is 0 Å². The minimum Gasteiger partial charge on any atom is -0.373 e. The third-order valence-electron chi connectivity index (χ3n) is 4.61. The topological polar surface area (TPSA) is 68.5 Å². The number of aromatic nitrogens is 3. The molecule has 1 aliphatic heterocycles. The highest BCUT2D eigenvalue weighted by Crippen LogP contribution is 2.34. The van der Waals surface area contributed by atoms with Gasteiger partial charge in [0.1, 0.15) is 5.82 Å². The van der Waals surface area contributed by atoms with Crippen LogP contribution in [-0.4, -0.2) is 27.1 Å². The predicted octanol–water partition coefficient (Wildman–Crippen LogP) is 3.14. The van der Waals surface area contributed by atoms with Crippen molar-refractivity contribution in [2.24, 2.45) is 5.92 Å². The van der Waals surface area contributed by atoms with Crippen molar-refractivity contribution in [3.8, 4) is 0 Å². The van der Waals surface area contributed by atoms with Crippen molar-refractivity contribution in [2.45, 2.75) is 25.9 Å². The molecule has 1 aliphatic rings. The molecule has 2 atom stereocenters. The van der Waals surface area contributed by atoms with Crippen molar-refractivity contribution >= 4 is 17.4 Å². The number of benzene rings is 1. The molecule has 3 heterocycles. The Balaban J connectivity index is 1.58. The Hall–Kier alpha value is -2.73. The molecule has 1 fully saturated rings. The molecule has 4 rings (SSSR count). The van der Waals surface area contributed by atoms with Crippen LogP contribution in [0.1, 0.15) is 30.1 Å². The molecule has 0 bridgehead atoms. The van der Waals surface area contributed by atoms with E-state index in [1.807, 2.05) is 12.1 Å². The molecule has 25 heavy (non-hydrogen) atoms. The molecule has 1 saturated heterocycles. The van der Waals surface area contributed by atoms with E-state index in [0.29, 0.717) is 18.1 Å². The highest BCUT2D eigenvalue weighted by molar-refractivity contribution is 5.92. The van der Waals surface area contributed by atoms with Crippen LogP contribution in [0, 0.1) is 12.8 Å². The summed E-state index contributed by atoms with van der Waals surface area (Å²) < 4.78 is 7.58. The summed E-state index contributed by atoms with van der Waals surface area (Å²) in [6, 6.07) is 11.8. The van der Waals surface area contributed by atoms with Crippen LogP contribution in [0.15, 0.2) is 48.8 Å². The molecule has 0 aliphatic carbocycles. The lowest BCUT2D eigenvalue weighted by molar-refractivity contribution is -0.129. The van der Waals surface area contributed by atoms with Gasteiger partial charge in [-0.05, 0) is 31.4 Å². The van der Waals surface area contributed by atoms with E-state index in [1.54, 1.807) is 29.0 Å². The molecular weight excluding hydrogens is 316 g/mol. The van der Waals surface area contributed by atoms with Crippen LogP contribution in [0.3, 0.4) is 0 Å². The quantitative estimate of drug-likeness (QED) is 0.798. The first-order valence-electron chi connectivity index (χ1n) is 8.50. The minimum absolute atomic E-state index is 0.0479. The maximum absolute atomic E-state index is 12.9. The molecule has 0 spiro atoms. The normalized spacial score (nSPS) is 20.5. The Kier molecular flexibility index (Phi) is 4.19. The first-order chi connectivity index (χ1) is 12.2. The Morgan fingerprint density at radius 2 is 2.04 bits per heavy atom. The van der Waals surface area contributed by atoms with E-state index in [2.05, 4.69) is 34.5 Å². The van der Waals surface area contributed by atoms with Crippen molar-refractivity contribution in [3.63, 3.8) is 0 Å². The first kappa shape index (κ1) is 15.8. The number of carbonyl (C=O) groups excluding carboxylic acids is 1. The number of rotatable bonds is 3. The van der Waals surface area contributed by atoms with Gasteiger partial charge in [0.15, 0.2) is 5.65 Å². The molecule has 128 valence electrons. The molecule has 1 N–H and O–H groups in total. The molecular formula is C19H20N4O2. The van der Waals surface area contributed by atoms with Gasteiger partial charge < -0.3 is 10.1 Å². The fraction of sp³-hybridized carbons (Fsp3) is 0.316. The maximum atomic E-state index is 12.9. The Morgan fingerprint density at radius 3 is 2.88 bits per heavy atom. The molecule has 1 aromatic carbocycles. The second-order valence-electron chi connectivity index (χ2n) is 6.37. The number of hydrogen-bond donors (Lipinski definition) is 1. The highest BCUT2D eigenvalue weighted by atomic mass is 16.5. The Morgan fingerprint density at radius 1 is 1.20 bits per heavy atom. The number of aryl methyl sites for hydroxylation is 1. The number of amides is 1. The van der Waals surface area contributed by atoms with E-state index in [9.17, 15) is 4.79 Å². The Bertz CT molecular complexity index is 888. The van der Waals surface area contributed by atoms with Crippen LogP contribution in [0.25, 0.3) is 5.65 Å². The molecule has 6 nitrogen and oxygen atoms in total. The van der Waals surface area contributed by atoms with Gasteiger partial charge in [-0.1, -0.05) is 29.8 Å². The van der Waals surface area contributed by atoms with Gasteiger partial charge in [-0.15, -0.1) is 0 Å². The number of ether oxygens (including phenoxy) is 1. The zero-order valence-corrected chi connectivity index (χ0v) is 14.1. The minimum atomic E-state index is -0.227. The average Bonchev–Trinajstić information content (AvgIpc) is 3.12. The van der Waals surface area contributed by atoms with Crippen molar-refractivity contribution in [1.82, 2.24) is 14.6 Å². The fourth-order valence-corrected chi connectivity index (χ4v) is 3.28. The van der Waals surface area contributed by atoms with E-state index < -0.39 is 0 Å². The van der Waals surface area contributed by atoms with E-state index in [-0.39, 0.29) is 17.9 Å². The van der Waals surface area contributed by atoms with E-state index >= 15 is 0 Å². The molecule has 0 radical (unpaired) electrons. The summed E-state index contributed by atoms with van der Waals surface area (Å²) in [5.41, 5.74) is 2.94. The molecule has 0 saturated carbocycles. The third kappa shape index (κ3) is 3.13. The van der Waals surface area contributed by atoms with Crippen molar-refractivity contribution < 1.29 is 9.53 Å². The first-order valence-corrected chi connectivity index (χ1v) is 8.50. The summed E-state index contributed by atoms with van der Waals surface area (Å²) in [4.78, 5) is 17.1. The molecule has 3 aromatic rings.